The Kier molecular flexibility index (Phi) is 11.9. The SMILES string of the molecule is CCOc1ccc(N(CC(=O)N(Cc2ccc(C)cc2)C(Cc2ccccc2)C(=O)NC(C)(C)C)S(=O)(=O)c2ccc(Br)cc2)cc1. The van der Waals surface area contributed by atoms with E-state index in [0.29, 0.717) is 18.0 Å². The average molecular weight is 721 g/mol. The highest BCUT2D eigenvalue weighted by atomic mass is 79.9. The van der Waals surface area contributed by atoms with Crippen molar-refractivity contribution in [2.45, 2.75) is 64.1 Å². The van der Waals surface area contributed by atoms with Crippen molar-refractivity contribution in [3.63, 3.8) is 0 Å². The number of carbonyl (C=O) groups excluding carboxylic acids is 2. The van der Waals surface area contributed by atoms with E-state index >= 15 is 0 Å². The van der Waals surface area contributed by atoms with Gasteiger partial charge >= 0.3 is 0 Å². The highest BCUT2D eigenvalue weighted by Gasteiger charge is 2.35. The van der Waals surface area contributed by atoms with E-state index in [-0.39, 0.29) is 23.8 Å². The summed E-state index contributed by atoms with van der Waals surface area (Å²) in [6, 6.07) is 29.1. The van der Waals surface area contributed by atoms with Crippen LogP contribution >= 0.6 is 15.9 Å². The summed E-state index contributed by atoms with van der Waals surface area (Å²) in [5.74, 6) is -0.276. The lowest BCUT2D eigenvalue weighted by molar-refractivity contribution is -0.140. The molecule has 0 aliphatic carbocycles. The largest absolute Gasteiger partial charge is 0.494 e. The Morgan fingerprint density at radius 3 is 2.04 bits per heavy atom. The molecule has 4 aromatic rings. The number of rotatable bonds is 13. The number of hydrogen-bond acceptors (Lipinski definition) is 5. The molecule has 0 spiro atoms. The average Bonchev–Trinajstić information content (AvgIpc) is 3.03. The van der Waals surface area contributed by atoms with Gasteiger partial charge in [-0.05, 0) is 94.3 Å². The van der Waals surface area contributed by atoms with Crippen LogP contribution in [0.15, 0.2) is 112 Å². The molecule has 0 aromatic heterocycles. The predicted molar refractivity (Wildman–Crippen MR) is 190 cm³/mol. The molecule has 1 atom stereocenters. The van der Waals surface area contributed by atoms with E-state index in [4.69, 9.17) is 4.74 Å². The van der Waals surface area contributed by atoms with Gasteiger partial charge in [0.2, 0.25) is 11.8 Å². The van der Waals surface area contributed by atoms with Crippen LogP contribution in [0.5, 0.6) is 5.75 Å². The van der Waals surface area contributed by atoms with Crippen LogP contribution in [0.2, 0.25) is 0 Å². The Hall–Kier alpha value is -4.15. The number of nitrogens with zero attached hydrogens (tertiary/aromatic N) is 2. The molecule has 1 unspecified atom stereocenters. The Balaban J connectivity index is 1.81. The first-order valence-corrected chi connectivity index (χ1v) is 17.7. The van der Waals surface area contributed by atoms with E-state index in [1.807, 2.05) is 89.2 Å². The Labute approximate surface area is 286 Å². The summed E-state index contributed by atoms with van der Waals surface area (Å²) in [5.41, 5.74) is 2.46. The molecule has 8 nitrogen and oxygen atoms in total. The van der Waals surface area contributed by atoms with Gasteiger partial charge in [-0.15, -0.1) is 0 Å². The fourth-order valence-corrected chi connectivity index (χ4v) is 6.71. The lowest BCUT2D eigenvalue weighted by Gasteiger charge is -2.35. The predicted octanol–water partition coefficient (Wildman–Crippen LogP) is 6.91. The maximum Gasteiger partial charge on any atom is 0.264 e. The van der Waals surface area contributed by atoms with Gasteiger partial charge in [-0.3, -0.25) is 13.9 Å². The van der Waals surface area contributed by atoms with E-state index in [0.717, 1.165) is 25.5 Å². The normalized spacial score (nSPS) is 12.2. The number of halogens is 1. The minimum Gasteiger partial charge on any atom is -0.494 e. The molecule has 248 valence electrons. The first-order chi connectivity index (χ1) is 22.3. The van der Waals surface area contributed by atoms with E-state index in [1.54, 1.807) is 36.4 Å². The van der Waals surface area contributed by atoms with Crippen molar-refractivity contribution in [1.29, 1.82) is 0 Å². The molecule has 0 radical (unpaired) electrons. The highest BCUT2D eigenvalue weighted by molar-refractivity contribution is 9.10. The summed E-state index contributed by atoms with van der Waals surface area (Å²) in [6.07, 6.45) is 0.239. The summed E-state index contributed by atoms with van der Waals surface area (Å²) < 4.78 is 35.8. The Morgan fingerprint density at radius 2 is 1.47 bits per heavy atom. The van der Waals surface area contributed by atoms with Crippen molar-refractivity contribution in [2.75, 3.05) is 17.5 Å². The van der Waals surface area contributed by atoms with Crippen LogP contribution in [0.4, 0.5) is 5.69 Å². The number of aryl methyl sites for hydroxylation is 1. The summed E-state index contributed by atoms with van der Waals surface area (Å²) in [4.78, 5) is 30.1. The van der Waals surface area contributed by atoms with Crippen LogP contribution in [0.1, 0.15) is 44.4 Å². The third-order valence-electron chi connectivity index (χ3n) is 7.36. The zero-order valence-electron chi connectivity index (χ0n) is 27.4. The lowest BCUT2D eigenvalue weighted by atomic mass is 10.0. The molecule has 0 heterocycles. The first kappa shape index (κ1) is 35.7. The summed E-state index contributed by atoms with van der Waals surface area (Å²) in [5, 5.41) is 3.05. The van der Waals surface area contributed by atoms with Gasteiger partial charge in [0.1, 0.15) is 18.3 Å². The van der Waals surface area contributed by atoms with Crippen LogP contribution in [-0.4, -0.2) is 49.9 Å². The fraction of sp³-hybridized carbons (Fsp3) is 0.297. The minimum absolute atomic E-state index is 0.0266. The highest BCUT2D eigenvalue weighted by Crippen LogP contribution is 2.28. The molecular formula is C37H42BrN3O5S. The maximum atomic E-state index is 14.6. The summed E-state index contributed by atoms with van der Waals surface area (Å²) >= 11 is 3.37. The van der Waals surface area contributed by atoms with Gasteiger partial charge in [-0.2, -0.15) is 0 Å². The second kappa shape index (κ2) is 15.6. The molecule has 4 aromatic carbocycles. The van der Waals surface area contributed by atoms with Gasteiger partial charge < -0.3 is 15.0 Å². The molecule has 4 rings (SSSR count). The molecule has 0 fully saturated rings. The van der Waals surface area contributed by atoms with E-state index < -0.39 is 34.1 Å². The van der Waals surface area contributed by atoms with E-state index in [2.05, 4.69) is 21.2 Å². The van der Waals surface area contributed by atoms with Crippen molar-refractivity contribution < 1.29 is 22.7 Å². The van der Waals surface area contributed by atoms with Gasteiger partial charge in [0, 0.05) is 23.0 Å². The van der Waals surface area contributed by atoms with Gasteiger partial charge in [0.25, 0.3) is 10.0 Å². The number of anilines is 1. The molecule has 0 saturated heterocycles. The molecule has 2 amide bonds. The topological polar surface area (TPSA) is 96.0 Å². The molecule has 47 heavy (non-hydrogen) atoms. The minimum atomic E-state index is -4.21. The maximum absolute atomic E-state index is 14.6. The van der Waals surface area contributed by atoms with Gasteiger partial charge in [0.05, 0.1) is 17.2 Å². The zero-order chi connectivity index (χ0) is 34.2. The summed E-state index contributed by atoms with van der Waals surface area (Å²) in [6.45, 7) is 9.51. The fourth-order valence-electron chi connectivity index (χ4n) is 5.03. The number of hydrogen-bond donors (Lipinski definition) is 1. The van der Waals surface area contributed by atoms with Crippen LogP contribution in [0.25, 0.3) is 0 Å². The van der Waals surface area contributed by atoms with Gasteiger partial charge in [-0.1, -0.05) is 76.1 Å². The molecule has 0 saturated carbocycles. The van der Waals surface area contributed by atoms with Crippen molar-refractivity contribution in [1.82, 2.24) is 10.2 Å². The summed E-state index contributed by atoms with van der Waals surface area (Å²) in [7, 11) is -4.21. The zero-order valence-corrected chi connectivity index (χ0v) is 29.8. The molecule has 0 aliphatic rings. The second-order valence-corrected chi connectivity index (χ2v) is 15.1. The monoisotopic (exact) mass is 719 g/mol. The Bertz CT molecular complexity index is 1740. The number of sulfonamides is 1. The van der Waals surface area contributed by atoms with E-state index in [9.17, 15) is 18.0 Å². The first-order valence-electron chi connectivity index (χ1n) is 15.5. The van der Waals surface area contributed by atoms with Gasteiger partial charge in [-0.25, -0.2) is 8.42 Å². The Morgan fingerprint density at radius 1 is 0.851 bits per heavy atom. The van der Waals surface area contributed by atoms with Crippen molar-refractivity contribution in [2.24, 2.45) is 0 Å². The van der Waals surface area contributed by atoms with Gasteiger partial charge in [0.15, 0.2) is 0 Å². The number of carbonyl (C=O) groups is 2. The van der Waals surface area contributed by atoms with Crippen LogP contribution < -0.4 is 14.4 Å². The van der Waals surface area contributed by atoms with Crippen LogP contribution in [0.3, 0.4) is 0 Å². The van der Waals surface area contributed by atoms with Crippen molar-refractivity contribution in [3.05, 3.63) is 124 Å². The number of amides is 2. The second-order valence-electron chi connectivity index (χ2n) is 12.3. The third kappa shape index (κ3) is 9.92. The number of nitrogens with one attached hydrogen (secondary N) is 1. The van der Waals surface area contributed by atoms with E-state index in [1.165, 1.54) is 17.0 Å². The molecule has 0 bridgehead atoms. The standard InChI is InChI=1S/C37H42BrN3O5S/c1-6-46-32-20-18-31(19-21-32)41(47(44,45)33-22-16-30(38)17-23-33)26-35(42)40(25-29-14-12-27(2)13-15-29)34(36(43)39-37(3,4)5)24-28-10-8-7-9-11-28/h7-23,34H,6,24-26H2,1-5H3,(H,39,43). The smallest absolute Gasteiger partial charge is 0.264 e. The molecule has 1 N–H and O–H groups in total. The van der Waals surface area contributed by atoms with Crippen molar-refractivity contribution >= 4 is 43.5 Å². The molecule has 0 aliphatic heterocycles. The number of ether oxygens (including phenoxy) is 1. The third-order valence-corrected chi connectivity index (χ3v) is 9.68. The lowest BCUT2D eigenvalue weighted by Crippen LogP contribution is -2.56. The quantitative estimate of drug-likeness (QED) is 0.162. The van der Waals surface area contributed by atoms with Crippen LogP contribution in [-0.2, 0) is 32.6 Å². The molecular weight excluding hydrogens is 678 g/mol. The van der Waals surface area contributed by atoms with Crippen LogP contribution in [0, 0.1) is 6.92 Å². The number of benzene rings is 4. The van der Waals surface area contributed by atoms with Crippen molar-refractivity contribution in [3.8, 4) is 5.75 Å². The molecule has 10 heteroatoms.